The van der Waals surface area contributed by atoms with E-state index in [1.54, 1.807) is 6.92 Å². The highest BCUT2D eigenvalue weighted by Gasteiger charge is 2.38. The van der Waals surface area contributed by atoms with Crippen molar-refractivity contribution in [3.8, 4) is 0 Å². The predicted molar refractivity (Wildman–Crippen MR) is 116 cm³/mol. The van der Waals surface area contributed by atoms with Crippen LogP contribution in [-0.2, 0) is 11.3 Å². The number of benzene rings is 1. The van der Waals surface area contributed by atoms with Crippen LogP contribution in [0.2, 0.25) is 5.02 Å². The average Bonchev–Trinajstić information content (AvgIpc) is 3.11. The smallest absolute Gasteiger partial charge is 0.475 e. The number of rotatable bonds is 6. The Morgan fingerprint density at radius 3 is 2.47 bits per heavy atom. The summed E-state index contributed by atoms with van der Waals surface area (Å²) in [5, 5.41) is 19.3. The molecule has 13 heteroatoms. The van der Waals surface area contributed by atoms with Crippen molar-refractivity contribution in [3.05, 3.63) is 46.2 Å². The zero-order valence-corrected chi connectivity index (χ0v) is 19.1. The summed E-state index contributed by atoms with van der Waals surface area (Å²) in [5.74, 6) is -2.24. The lowest BCUT2D eigenvalue weighted by Crippen LogP contribution is -2.26. The van der Waals surface area contributed by atoms with Gasteiger partial charge < -0.3 is 20.4 Å². The minimum absolute atomic E-state index is 0.0647. The van der Waals surface area contributed by atoms with Gasteiger partial charge in [-0.05, 0) is 31.2 Å². The minimum Gasteiger partial charge on any atom is -0.475 e. The summed E-state index contributed by atoms with van der Waals surface area (Å²) in [6, 6.07) is 3.87. The summed E-state index contributed by atoms with van der Waals surface area (Å²) in [5.41, 5.74) is 0.325. The van der Waals surface area contributed by atoms with Crippen LogP contribution in [0.25, 0.3) is 0 Å². The first-order valence-electron chi connectivity index (χ1n) is 10.1. The number of nitrogens with one attached hydrogen (secondary N) is 1. The molecule has 1 aliphatic heterocycles. The minimum atomic E-state index is -5.08. The fraction of sp³-hybridized carbons (Fsp3) is 0.476. The van der Waals surface area contributed by atoms with Gasteiger partial charge in [0.25, 0.3) is 0 Å². The molecule has 0 aliphatic carbocycles. The van der Waals surface area contributed by atoms with Crippen LogP contribution in [0.15, 0.2) is 18.2 Å². The molecule has 0 radical (unpaired) electrons. The molecule has 1 aromatic carbocycles. The molecule has 1 atom stereocenters. The first kappa shape index (κ1) is 27.5. The zero-order chi connectivity index (χ0) is 25.7. The van der Waals surface area contributed by atoms with Crippen LogP contribution in [0.3, 0.4) is 0 Å². The Hall–Kier alpha value is -2.73. The molecule has 2 heterocycles. The lowest BCUT2D eigenvalue weighted by Gasteiger charge is -2.24. The predicted octanol–water partition coefficient (Wildman–Crippen LogP) is 4.56. The average molecular weight is 511 g/mol. The maximum atomic E-state index is 13.9. The topological polar surface area (TPSA) is 98.6 Å². The van der Waals surface area contributed by atoms with Crippen LogP contribution in [0.1, 0.15) is 31.2 Å². The van der Waals surface area contributed by atoms with E-state index in [2.05, 4.69) is 27.1 Å². The van der Waals surface area contributed by atoms with Crippen molar-refractivity contribution in [2.24, 2.45) is 5.41 Å². The molecule has 3 rings (SSSR count). The van der Waals surface area contributed by atoms with Gasteiger partial charge in [-0.3, -0.25) is 0 Å². The highest BCUT2D eigenvalue weighted by Crippen LogP contribution is 2.35. The molecule has 2 aromatic rings. The molecule has 7 nitrogen and oxygen atoms in total. The Morgan fingerprint density at radius 2 is 1.88 bits per heavy atom. The molecule has 1 unspecified atom stereocenters. The van der Waals surface area contributed by atoms with Crippen LogP contribution in [0.5, 0.6) is 0 Å². The van der Waals surface area contributed by atoms with Crippen LogP contribution in [0.4, 0.5) is 33.6 Å². The maximum absolute atomic E-state index is 13.9. The Balaban J connectivity index is 0.000000509. The normalized spacial score (nSPS) is 17.9. The van der Waals surface area contributed by atoms with Crippen molar-refractivity contribution >= 4 is 29.2 Å². The van der Waals surface area contributed by atoms with E-state index in [9.17, 15) is 27.1 Å². The molecule has 1 fully saturated rings. The van der Waals surface area contributed by atoms with Crippen LogP contribution in [0, 0.1) is 24.0 Å². The lowest BCUT2D eigenvalue weighted by atomic mass is 9.86. The number of carboxylic acids is 1. The Morgan fingerprint density at radius 1 is 1.24 bits per heavy atom. The standard InChI is InChI=1S/C19H23ClF2N4O.C2HF3O2/c1-12-24-17(23-10-13-7-14(20)16(22)8-15(13)21)9-18(25-12)26-5-3-19(2,11-26)4-6-27;3-2(4,5)1(6)7/h7-9,27H,3-6,10-11H2,1-2H3,(H,23,24,25);(H,6,7). The van der Waals surface area contributed by atoms with E-state index in [0.29, 0.717) is 11.6 Å². The number of carbonyl (C=O) groups is 1. The van der Waals surface area contributed by atoms with E-state index >= 15 is 0 Å². The number of alkyl halides is 3. The third-order valence-electron chi connectivity index (χ3n) is 5.21. The quantitative estimate of drug-likeness (QED) is 0.387. The summed E-state index contributed by atoms with van der Waals surface area (Å²) in [6.45, 7) is 5.93. The van der Waals surface area contributed by atoms with Crippen molar-refractivity contribution in [1.82, 2.24) is 9.97 Å². The number of aliphatic hydroxyl groups is 1. The molecular weight excluding hydrogens is 487 g/mol. The van der Waals surface area contributed by atoms with E-state index in [-0.39, 0.29) is 29.2 Å². The molecule has 188 valence electrons. The van der Waals surface area contributed by atoms with Crippen molar-refractivity contribution < 1.29 is 37.0 Å². The lowest BCUT2D eigenvalue weighted by molar-refractivity contribution is -0.192. The summed E-state index contributed by atoms with van der Waals surface area (Å²) in [7, 11) is 0. The Labute approximate surface area is 197 Å². The van der Waals surface area contributed by atoms with E-state index < -0.39 is 23.8 Å². The number of anilines is 2. The van der Waals surface area contributed by atoms with Crippen LogP contribution >= 0.6 is 11.6 Å². The monoisotopic (exact) mass is 510 g/mol. The van der Waals surface area contributed by atoms with Gasteiger partial charge in [-0.25, -0.2) is 23.5 Å². The number of aryl methyl sites for hydroxylation is 1. The largest absolute Gasteiger partial charge is 0.490 e. The highest BCUT2D eigenvalue weighted by molar-refractivity contribution is 6.30. The molecule has 1 aromatic heterocycles. The van der Waals surface area contributed by atoms with Crippen LogP contribution in [-0.4, -0.2) is 52.0 Å². The molecule has 0 amide bonds. The summed E-state index contributed by atoms with van der Waals surface area (Å²) < 4.78 is 58.9. The number of aliphatic carboxylic acids is 1. The number of hydrogen-bond donors (Lipinski definition) is 3. The van der Waals surface area contributed by atoms with Gasteiger partial charge in [-0.1, -0.05) is 18.5 Å². The molecule has 0 bridgehead atoms. The fourth-order valence-electron chi connectivity index (χ4n) is 3.38. The number of hydrogen-bond acceptors (Lipinski definition) is 6. The summed E-state index contributed by atoms with van der Waals surface area (Å²) in [4.78, 5) is 19.9. The van der Waals surface area contributed by atoms with Crippen LogP contribution < -0.4 is 10.2 Å². The van der Waals surface area contributed by atoms with Gasteiger partial charge in [0, 0.05) is 43.9 Å². The van der Waals surface area contributed by atoms with Gasteiger partial charge in [0.05, 0.1) is 5.02 Å². The number of halogens is 6. The number of nitrogens with zero attached hydrogens (tertiary/aromatic N) is 3. The van der Waals surface area contributed by atoms with Gasteiger partial charge in [-0.15, -0.1) is 0 Å². The Kier molecular flexibility index (Phi) is 9.01. The molecule has 0 saturated carbocycles. The van der Waals surface area contributed by atoms with Crippen molar-refractivity contribution in [2.75, 3.05) is 29.9 Å². The number of carboxylic acid groups (broad SMARTS) is 1. The van der Waals surface area contributed by atoms with E-state index in [4.69, 9.17) is 21.5 Å². The zero-order valence-electron chi connectivity index (χ0n) is 18.4. The van der Waals surface area contributed by atoms with Gasteiger partial charge in [0.2, 0.25) is 0 Å². The molecule has 1 saturated heterocycles. The second-order valence-corrected chi connectivity index (χ2v) is 8.54. The first-order chi connectivity index (χ1) is 15.7. The Bertz CT molecular complexity index is 1020. The fourth-order valence-corrected chi connectivity index (χ4v) is 3.57. The number of aromatic nitrogens is 2. The summed E-state index contributed by atoms with van der Waals surface area (Å²) in [6.07, 6.45) is -3.35. The maximum Gasteiger partial charge on any atom is 0.490 e. The SMILES string of the molecule is Cc1nc(NCc2cc(Cl)c(F)cc2F)cc(N2CCC(C)(CCO)C2)n1.O=C(O)C(F)(F)F. The van der Waals surface area contributed by atoms with Gasteiger partial charge in [-0.2, -0.15) is 13.2 Å². The highest BCUT2D eigenvalue weighted by atomic mass is 35.5. The molecule has 34 heavy (non-hydrogen) atoms. The van der Waals surface area contributed by atoms with Crippen molar-refractivity contribution in [2.45, 2.75) is 39.4 Å². The molecule has 3 N–H and O–H groups in total. The third-order valence-corrected chi connectivity index (χ3v) is 5.50. The number of aliphatic hydroxyl groups excluding tert-OH is 1. The van der Waals surface area contributed by atoms with Gasteiger partial charge in [0.1, 0.15) is 29.1 Å². The summed E-state index contributed by atoms with van der Waals surface area (Å²) >= 11 is 5.74. The second kappa shape index (κ2) is 11.1. The molecular formula is C21H24ClF5N4O3. The third kappa shape index (κ3) is 7.66. The van der Waals surface area contributed by atoms with E-state index in [1.807, 2.05) is 6.07 Å². The van der Waals surface area contributed by atoms with Crippen molar-refractivity contribution in [1.29, 1.82) is 0 Å². The molecule has 1 aliphatic rings. The second-order valence-electron chi connectivity index (χ2n) is 8.13. The van der Waals surface area contributed by atoms with Gasteiger partial charge in [0.15, 0.2) is 0 Å². The first-order valence-corrected chi connectivity index (χ1v) is 10.5. The van der Waals surface area contributed by atoms with E-state index in [1.165, 1.54) is 6.07 Å². The van der Waals surface area contributed by atoms with E-state index in [0.717, 1.165) is 37.8 Å². The van der Waals surface area contributed by atoms with Crippen molar-refractivity contribution in [3.63, 3.8) is 0 Å². The molecule has 0 spiro atoms. The van der Waals surface area contributed by atoms with Gasteiger partial charge >= 0.3 is 12.1 Å².